The summed E-state index contributed by atoms with van der Waals surface area (Å²) < 4.78 is 26.1. The maximum absolute atomic E-state index is 14.5. The van der Waals surface area contributed by atoms with E-state index < -0.39 is 5.82 Å². The van der Waals surface area contributed by atoms with Gasteiger partial charge in [-0.15, -0.1) is 24.0 Å². The molecule has 1 fully saturated rings. The van der Waals surface area contributed by atoms with E-state index in [0.717, 1.165) is 31.6 Å². The van der Waals surface area contributed by atoms with Crippen LogP contribution < -0.4 is 15.4 Å². The first-order valence-corrected chi connectivity index (χ1v) is 10.8. The molecule has 1 aromatic heterocycles. The maximum Gasteiger partial charge on any atom is 0.191 e. The topological polar surface area (TPSA) is 67.8 Å². The van der Waals surface area contributed by atoms with Crippen molar-refractivity contribution in [3.05, 3.63) is 54.1 Å². The van der Waals surface area contributed by atoms with Gasteiger partial charge in [0.2, 0.25) is 0 Å². The number of guanidine groups is 1. The van der Waals surface area contributed by atoms with Crippen LogP contribution >= 0.6 is 24.0 Å². The molecule has 8 heteroatoms. The normalized spacial score (nSPS) is 19.1. The van der Waals surface area contributed by atoms with Crippen LogP contribution in [0.15, 0.2) is 47.7 Å². The van der Waals surface area contributed by atoms with E-state index in [1.165, 1.54) is 6.07 Å². The lowest BCUT2D eigenvalue weighted by atomic mass is 9.78. The Morgan fingerprint density at radius 1 is 1.28 bits per heavy atom. The van der Waals surface area contributed by atoms with Crippen LogP contribution in [0.4, 0.5) is 4.39 Å². The number of hydrogen-bond acceptors (Lipinski definition) is 4. The van der Waals surface area contributed by atoms with Gasteiger partial charge in [0, 0.05) is 38.9 Å². The summed E-state index contributed by atoms with van der Waals surface area (Å²) in [6.45, 7) is 8.73. The summed E-state index contributed by atoms with van der Waals surface area (Å²) in [7, 11) is 1.74. The van der Waals surface area contributed by atoms with Crippen LogP contribution in [0.1, 0.15) is 39.2 Å². The smallest absolute Gasteiger partial charge is 0.191 e. The second kappa shape index (κ2) is 12.3. The zero-order valence-electron chi connectivity index (χ0n) is 19.2. The average molecular weight is 556 g/mol. The molecule has 2 heterocycles. The summed E-state index contributed by atoms with van der Waals surface area (Å²) in [5.41, 5.74) is 0.897. The van der Waals surface area contributed by atoms with Crippen LogP contribution in [0, 0.1) is 17.2 Å². The highest BCUT2D eigenvalue weighted by molar-refractivity contribution is 14.0. The van der Waals surface area contributed by atoms with Gasteiger partial charge in [0.05, 0.1) is 12.3 Å². The lowest BCUT2D eigenvalue weighted by Crippen LogP contribution is -2.47. The standard InChI is InChI=1S/C24H33FN4O2.HI/c1-24(2,3)22-18(7-6-12-30-22)15-29-23(26-4)28-14-17-9-10-21(20(25)13-17)31-19-8-5-11-27-16-19;/h5,8-11,13,16,18,22H,6-7,12,14-15H2,1-4H3,(H2,26,28,29);1H. The predicted molar refractivity (Wildman–Crippen MR) is 136 cm³/mol. The monoisotopic (exact) mass is 556 g/mol. The lowest BCUT2D eigenvalue weighted by Gasteiger charge is -2.40. The molecule has 176 valence electrons. The number of aromatic nitrogens is 1. The highest BCUT2D eigenvalue weighted by Crippen LogP contribution is 2.33. The summed E-state index contributed by atoms with van der Waals surface area (Å²) in [6.07, 6.45) is 5.62. The maximum atomic E-state index is 14.5. The largest absolute Gasteiger partial charge is 0.453 e. The molecule has 0 spiro atoms. The van der Waals surface area contributed by atoms with Crippen molar-refractivity contribution in [2.24, 2.45) is 16.3 Å². The van der Waals surface area contributed by atoms with Crippen molar-refractivity contribution in [3.63, 3.8) is 0 Å². The van der Waals surface area contributed by atoms with Crippen molar-refractivity contribution in [1.29, 1.82) is 0 Å². The van der Waals surface area contributed by atoms with Gasteiger partial charge in [-0.05, 0) is 48.1 Å². The third-order valence-electron chi connectivity index (χ3n) is 5.37. The molecule has 2 unspecified atom stereocenters. The number of nitrogens with one attached hydrogen (secondary N) is 2. The highest BCUT2D eigenvalue weighted by Gasteiger charge is 2.35. The van der Waals surface area contributed by atoms with E-state index in [0.29, 0.717) is 24.2 Å². The molecular formula is C24H34FIN4O2. The van der Waals surface area contributed by atoms with E-state index in [9.17, 15) is 4.39 Å². The van der Waals surface area contributed by atoms with Gasteiger partial charge in [0.1, 0.15) is 5.75 Å². The van der Waals surface area contributed by atoms with E-state index in [-0.39, 0.29) is 41.2 Å². The van der Waals surface area contributed by atoms with Crippen LogP contribution in [-0.2, 0) is 11.3 Å². The van der Waals surface area contributed by atoms with Gasteiger partial charge in [-0.3, -0.25) is 9.98 Å². The van der Waals surface area contributed by atoms with Gasteiger partial charge in [0.25, 0.3) is 0 Å². The zero-order valence-corrected chi connectivity index (χ0v) is 21.6. The van der Waals surface area contributed by atoms with Gasteiger partial charge in [-0.2, -0.15) is 0 Å². The lowest BCUT2D eigenvalue weighted by molar-refractivity contribution is -0.0835. The fraction of sp³-hybridized carbons (Fsp3) is 0.500. The van der Waals surface area contributed by atoms with Gasteiger partial charge in [0.15, 0.2) is 17.5 Å². The van der Waals surface area contributed by atoms with Gasteiger partial charge in [-0.1, -0.05) is 26.8 Å². The molecule has 0 radical (unpaired) electrons. The van der Waals surface area contributed by atoms with E-state index in [1.54, 1.807) is 37.6 Å². The third kappa shape index (κ3) is 7.58. The van der Waals surface area contributed by atoms with Crippen LogP contribution in [0.25, 0.3) is 0 Å². The molecule has 2 N–H and O–H groups in total. The van der Waals surface area contributed by atoms with Gasteiger partial charge < -0.3 is 20.1 Å². The Balaban J connectivity index is 0.00000363. The number of halogens is 2. The molecule has 2 aromatic rings. The SMILES string of the molecule is CN=C(NCc1ccc(Oc2cccnc2)c(F)c1)NCC1CCCOC1C(C)(C)C.I. The Bertz CT molecular complexity index is 874. The van der Waals surface area contributed by atoms with Gasteiger partial charge >= 0.3 is 0 Å². The van der Waals surface area contributed by atoms with Crippen LogP contribution in [-0.4, -0.2) is 37.2 Å². The van der Waals surface area contributed by atoms with Crippen molar-refractivity contribution >= 4 is 29.9 Å². The van der Waals surface area contributed by atoms with Crippen molar-refractivity contribution < 1.29 is 13.9 Å². The first-order chi connectivity index (χ1) is 14.9. The number of pyridine rings is 1. The molecule has 1 saturated heterocycles. The molecule has 3 rings (SSSR count). The fourth-order valence-corrected chi connectivity index (χ4v) is 3.92. The molecule has 32 heavy (non-hydrogen) atoms. The summed E-state index contributed by atoms with van der Waals surface area (Å²) in [5, 5.41) is 6.66. The summed E-state index contributed by atoms with van der Waals surface area (Å²) in [5.74, 6) is 1.36. The van der Waals surface area contributed by atoms with Crippen LogP contribution in [0.2, 0.25) is 0 Å². The Morgan fingerprint density at radius 3 is 2.75 bits per heavy atom. The Morgan fingerprint density at radius 2 is 2.09 bits per heavy atom. The third-order valence-corrected chi connectivity index (χ3v) is 5.37. The Kier molecular flexibility index (Phi) is 10.1. The molecule has 1 aliphatic heterocycles. The van der Waals surface area contributed by atoms with Crippen LogP contribution in [0.3, 0.4) is 0 Å². The van der Waals surface area contributed by atoms with Gasteiger partial charge in [-0.25, -0.2) is 4.39 Å². The van der Waals surface area contributed by atoms with Crippen molar-refractivity contribution in [2.75, 3.05) is 20.2 Å². The van der Waals surface area contributed by atoms with Crippen LogP contribution in [0.5, 0.6) is 11.5 Å². The van der Waals surface area contributed by atoms with E-state index in [4.69, 9.17) is 9.47 Å². The van der Waals surface area contributed by atoms with Crippen molar-refractivity contribution in [2.45, 2.75) is 46.3 Å². The van der Waals surface area contributed by atoms with E-state index >= 15 is 0 Å². The van der Waals surface area contributed by atoms with E-state index in [1.807, 2.05) is 6.07 Å². The van der Waals surface area contributed by atoms with Crippen molar-refractivity contribution in [1.82, 2.24) is 15.6 Å². The molecule has 1 aliphatic rings. The predicted octanol–water partition coefficient (Wildman–Crippen LogP) is 5.14. The number of ether oxygens (including phenoxy) is 2. The fourth-order valence-electron chi connectivity index (χ4n) is 3.92. The number of nitrogens with zero attached hydrogens (tertiary/aromatic N) is 2. The van der Waals surface area contributed by atoms with E-state index in [2.05, 4.69) is 41.4 Å². The number of benzene rings is 1. The molecule has 2 atom stereocenters. The Hall–Kier alpha value is -1.94. The second-order valence-electron chi connectivity index (χ2n) is 8.92. The highest BCUT2D eigenvalue weighted by atomic mass is 127. The molecule has 0 aliphatic carbocycles. The number of aliphatic imine (C=N–C) groups is 1. The molecule has 6 nitrogen and oxygen atoms in total. The summed E-state index contributed by atoms with van der Waals surface area (Å²) in [4.78, 5) is 8.27. The quantitative estimate of drug-likeness (QED) is 0.293. The minimum atomic E-state index is -0.418. The summed E-state index contributed by atoms with van der Waals surface area (Å²) >= 11 is 0. The minimum Gasteiger partial charge on any atom is -0.453 e. The second-order valence-corrected chi connectivity index (χ2v) is 8.92. The number of rotatable bonds is 6. The molecule has 0 bridgehead atoms. The minimum absolute atomic E-state index is 0. The summed E-state index contributed by atoms with van der Waals surface area (Å²) in [6, 6.07) is 8.41. The molecule has 1 aromatic carbocycles. The zero-order chi connectivity index (χ0) is 22.3. The number of hydrogen-bond donors (Lipinski definition) is 2. The molecule has 0 amide bonds. The first kappa shape index (κ1) is 26.3. The Labute approximate surface area is 207 Å². The first-order valence-electron chi connectivity index (χ1n) is 10.8. The average Bonchev–Trinajstić information content (AvgIpc) is 2.76. The van der Waals surface area contributed by atoms with Crippen molar-refractivity contribution in [3.8, 4) is 11.5 Å². The molecular weight excluding hydrogens is 522 g/mol. The molecule has 0 saturated carbocycles.